The quantitative estimate of drug-likeness (QED) is 0.906. The molecule has 0 aliphatic heterocycles. The van der Waals surface area contributed by atoms with E-state index in [0.29, 0.717) is 6.54 Å². The average Bonchev–Trinajstić information content (AvgIpc) is 2.69. The first kappa shape index (κ1) is 12.1. The Kier molecular flexibility index (Phi) is 3.45. The molecule has 2 N–H and O–H groups in total. The largest absolute Gasteiger partial charge is 0.326 e. The van der Waals surface area contributed by atoms with E-state index in [1.807, 2.05) is 14.0 Å². The van der Waals surface area contributed by atoms with Gasteiger partial charge in [0.1, 0.15) is 0 Å². The van der Waals surface area contributed by atoms with E-state index >= 15 is 0 Å². The SMILES string of the molecule is Cc1cccc(N(C)c2nc(C)c(CN)s2)c1. The van der Waals surface area contributed by atoms with Crippen LogP contribution in [0.3, 0.4) is 0 Å². The minimum absolute atomic E-state index is 0.561. The van der Waals surface area contributed by atoms with Crippen LogP contribution in [0.4, 0.5) is 10.8 Å². The van der Waals surface area contributed by atoms with Crippen molar-refractivity contribution in [3.8, 4) is 0 Å². The number of rotatable bonds is 3. The van der Waals surface area contributed by atoms with Crippen LogP contribution in [0.1, 0.15) is 16.1 Å². The van der Waals surface area contributed by atoms with Gasteiger partial charge < -0.3 is 10.6 Å². The molecule has 0 atom stereocenters. The van der Waals surface area contributed by atoms with Crippen molar-refractivity contribution >= 4 is 22.2 Å². The molecule has 0 saturated heterocycles. The summed E-state index contributed by atoms with van der Waals surface area (Å²) in [5.74, 6) is 0. The summed E-state index contributed by atoms with van der Waals surface area (Å²) >= 11 is 1.66. The van der Waals surface area contributed by atoms with Gasteiger partial charge in [-0.05, 0) is 31.5 Å². The van der Waals surface area contributed by atoms with Gasteiger partial charge in [-0.2, -0.15) is 0 Å². The smallest absolute Gasteiger partial charge is 0.190 e. The third-order valence-corrected chi connectivity index (χ3v) is 4.00. The molecule has 2 rings (SSSR count). The molecule has 1 heterocycles. The van der Waals surface area contributed by atoms with Crippen LogP contribution in [0.5, 0.6) is 0 Å². The van der Waals surface area contributed by atoms with Gasteiger partial charge in [-0.3, -0.25) is 0 Å². The molecule has 1 aromatic carbocycles. The van der Waals surface area contributed by atoms with Gasteiger partial charge in [0.2, 0.25) is 0 Å². The molecule has 0 bridgehead atoms. The Morgan fingerprint density at radius 2 is 2.12 bits per heavy atom. The maximum atomic E-state index is 5.68. The zero-order valence-electron chi connectivity index (χ0n) is 10.4. The van der Waals surface area contributed by atoms with Gasteiger partial charge in [-0.1, -0.05) is 23.5 Å². The lowest BCUT2D eigenvalue weighted by molar-refractivity contribution is 1.05. The lowest BCUT2D eigenvalue weighted by Crippen LogP contribution is -2.08. The van der Waals surface area contributed by atoms with Crippen molar-refractivity contribution in [2.45, 2.75) is 20.4 Å². The Balaban J connectivity index is 2.33. The molecule has 90 valence electrons. The first-order valence-corrected chi connectivity index (χ1v) is 6.40. The number of nitrogens with two attached hydrogens (primary N) is 1. The Morgan fingerprint density at radius 1 is 1.35 bits per heavy atom. The van der Waals surface area contributed by atoms with E-state index in [4.69, 9.17) is 5.73 Å². The van der Waals surface area contributed by atoms with Gasteiger partial charge in [0.05, 0.1) is 5.69 Å². The normalized spacial score (nSPS) is 10.6. The van der Waals surface area contributed by atoms with Crippen molar-refractivity contribution < 1.29 is 0 Å². The number of hydrogen-bond donors (Lipinski definition) is 1. The second-order valence-corrected chi connectivity index (χ2v) is 5.17. The van der Waals surface area contributed by atoms with Crippen LogP contribution in [0.15, 0.2) is 24.3 Å². The number of anilines is 2. The molecule has 1 aromatic heterocycles. The standard InChI is InChI=1S/C13H17N3S/c1-9-5-4-6-11(7-9)16(3)13-15-10(2)12(8-14)17-13/h4-7H,8,14H2,1-3H3. The Labute approximate surface area is 106 Å². The van der Waals surface area contributed by atoms with Crippen LogP contribution in [0.25, 0.3) is 0 Å². The van der Waals surface area contributed by atoms with Crippen molar-refractivity contribution in [1.29, 1.82) is 0 Å². The molecule has 4 heteroatoms. The summed E-state index contributed by atoms with van der Waals surface area (Å²) in [4.78, 5) is 7.81. The van der Waals surface area contributed by atoms with Crippen LogP contribution >= 0.6 is 11.3 Å². The number of nitrogens with zero attached hydrogens (tertiary/aromatic N) is 2. The van der Waals surface area contributed by atoms with E-state index in [-0.39, 0.29) is 0 Å². The number of hydrogen-bond acceptors (Lipinski definition) is 4. The summed E-state index contributed by atoms with van der Waals surface area (Å²) in [7, 11) is 2.04. The molecule has 0 radical (unpaired) electrons. The fourth-order valence-electron chi connectivity index (χ4n) is 1.69. The summed E-state index contributed by atoms with van der Waals surface area (Å²) in [5.41, 5.74) is 9.12. The van der Waals surface area contributed by atoms with Gasteiger partial charge in [-0.15, -0.1) is 0 Å². The molecular formula is C13H17N3S. The average molecular weight is 247 g/mol. The van der Waals surface area contributed by atoms with E-state index in [1.54, 1.807) is 11.3 Å². The first-order chi connectivity index (χ1) is 8.11. The van der Waals surface area contributed by atoms with E-state index in [2.05, 4.69) is 41.1 Å². The molecule has 0 fully saturated rings. The number of aromatic nitrogens is 1. The molecule has 0 unspecified atom stereocenters. The Bertz CT molecular complexity index is 519. The van der Waals surface area contributed by atoms with E-state index in [1.165, 1.54) is 5.56 Å². The highest BCUT2D eigenvalue weighted by molar-refractivity contribution is 7.15. The molecular weight excluding hydrogens is 230 g/mol. The summed E-state index contributed by atoms with van der Waals surface area (Å²) in [6.07, 6.45) is 0. The summed E-state index contributed by atoms with van der Waals surface area (Å²) in [6.45, 7) is 4.66. The van der Waals surface area contributed by atoms with Gasteiger partial charge >= 0.3 is 0 Å². The van der Waals surface area contributed by atoms with Crippen molar-refractivity contribution in [2.24, 2.45) is 5.73 Å². The van der Waals surface area contributed by atoms with Crippen LogP contribution in [-0.4, -0.2) is 12.0 Å². The minimum Gasteiger partial charge on any atom is -0.326 e. The zero-order chi connectivity index (χ0) is 12.4. The number of thiazole rings is 1. The van der Waals surface area contributed by atoms with Crippen molar-refractivity contribution in [2.75, 3.05) is 11.9 Å². The topological polar surface area (TPSA) is 42.2 Å². The lowest BCUT2D eigenvalue weighted by Gasteiger charge is -2.16. The van der Waals surface area contributed by atoms with Crippen LogP contribution < -0.4 is 10.6 Å². The maximum Gasteiger partial charge on any atom is 0.190 e. The van der Waals surface area contributed by atoms with Gasteiger partial charge in [0.25, 0.3) is 0 Å². The third-order valence-electron chi connectivity index (χ3n) is 2.74. The molecule has 17 heavy (non-hydrogen) atoms. The second kappa shape index (κ2) is 4.85. The zero-order valence-corrected chi connectivity index (χ0v) is 11.2. The van der Waals surface area contributed by atoms with Crippen molar-refractivity contribution in [3.05, 3.63) is 40.4 Å². The van der Waals surface area contributed by atoms with Gasteiger partial charge in [0, 0.05) is 24.2 Å². The van der Waals surface area contributed by atoms with Gasteiger partial charge in [-0.25, -0.2) is 4.98 Å². The summed E-state index contributed by atoms with van der Waals surface area (Å²) < 4.78 is 0. The molecule has 3 nitrogen and oxygen atoms in total. The second-order valence-electron chi connectivity index (χ2n) is 4.11. The molecule has 0 aliphatic carbocycles. The highest BCUT2D eigenvalue weighted by Crippen LogP contribution is 2.30. The fourth-order valence-corrected chi connectivity index (χ4v) is 2.61. The first-order valence-electron chi connectivity index (χ1n) is 5.58. The van der Waals surface area contributed by atoms with Crippen LogP contribution in [0.2, 0.25) is 0 Å². The Hall–Kier alpha value is -1.39. The van der Waals surface area contributed by atoms with E-state index < -0.39 is 0 Å². The Morgan fingerprint density at radius 3 is 2.71 bits per heavy atom. The van der Waals surface area contributed by atoms with Crippen LogP contribution in [0, 0.1) is 13.8 Å². The van der Waals surface area contributed by atoms with Crippen molar-refractivity contribution in [1.82, 2.24) is 4.98 Å². The summed E-state index contributed by atoms with van der Waals surface area (Å²) in [5, 5.41) is 0.994. The predicted molar refractivity (Wildman–Crippen MR) is 74.0 cm³/mol. The third kappa shape index (κ3) is 2.48. The predicted octanol–water partition coefficient (Wildman–Crippen LogP) is 2.99. The van der Waals surface area contributed by atoms with Gasteiger partial charge in [0.15, 0.2) is 5.13 Å². The minimum atomic E-state index is 0.561. The highest BCUT2D eigenvalue weighted by atomic mass is 32.1. The molecule has 0 spiro atoms. The number of aryl methyl sites for hydroxylation is 2. The monoisotopic (exact) mass is 247 g/mol. The van der Waals surface area contributed by atoms with Crippen molar-refractivity contribution in [3.63, 3.8) is 0 Å². The molecule has 2 aromatic rings. The number of benzene rings is 1. The molecule has 0 saturated carbocycles. The summed E-state index contributed by atoms with van der Waals surface area (Å²) in [6, 6.07) is 8.39. The molecule has 0 amide bonds. The fraction of sp³-hybridized carbons (Fsp3) is 0.308. The maximum absolute atomic E-state index is 5.68. The van der Waals surface area contributed by atoms with E-state index in [0.717, 1.165) is 21.4 Å². The lowest BCUT2D eigenvalue weighted by atomic mass is 10.2. The van der Waals surface area contributed by atoms with E-state index in [9.17, 15) is 0 Å². The van der Waals surface area contributed by atoms with Crippen LogP contribution in [-0.2, 0) is 6.54 Å². The molecule has 0 aliphatic rings. The highest BCUT2D eigenvalue weighted by Gasteiger charge is 2.11.